The van der Waals surface area contributed by atoms with Crippen LogP contribution in [0.5, 0.6) is 0 Å². The predicted octanol–water partition coefficient (Wildman–Crippen LogP) is 20.8. The van der Waals surface area contributed by atoms with Gasteiger partial charge in [0.25, 0.3) is 0 Å². The van der Waals surface area contributed by atoms with Crippen molar-refractivity contribution >= 4 is 17.9 Å². The van der Waals surface area contributed by atoms with Gasteiger partial charge in [-0.1, -0.05) is 239 Å². The van der Waals surface area contributed by atoms with Crippen molar-refractivity contribution in [3.8, 4) is 0 Å². The summed E-state index contributed by atoms with van der Waals surface area (Å²) in [4.78, 5) is 38.3. The average Bonchev–Trinajstić information content (AvgIpc) is 3.40. The van der Waals surface area contributed by atoms with Crippen molar-refractivity contribution in [1.29, 1.82) is 0 Å². The molecule has 0 aromatic carbocycles. The van der Waals surface area contributed by atoms with Gasteiger partial charge in [-0.05, 0) is 135 Å². The van der Waals surface area contributed by atoms with Crippen LogP contribution < -0.4 is 0 Å². The Balaban J connectivity index is 4.51. The Labute approximate surface area is 456 Å². The van der Waals surface area contributed by atoms with Crippen LogP contribution in [0, 0.1) is 0 Å². The fourth-order valence-corrected chi connectivity index (χ4v) is 8.09. The molecular formula is C68H112O6. The van der Waals surface area contributed by atoms with Gasteiger partial charge in [-0.2, -0.15) is 0 Å². The molecule has 0 heterocycles. The molecule has 420 valence electrons. The molecule has 0 saturated heterocycles. The largest absolute Gasteiger partial charge is 0.462 e. The Bertz CT molecular complexity index is 1550. The minimum Gasteiger partial charge on any atom is -0.462 e. The Morgan fingerprint density at radius 2 is 0.527 bits per heavy atom. The van der Waals surface area contributed by atoms with Crippen molar-refractivity contribution in [2.75, 3.05) is 13.2 Å². The van der Waals surface area contributed by atoms with Gasteiger partial charge in [0.2, 0.25) is 0 Å². The molecule has 0 aliphatic carbocycles. The molecule has 0 radical (unpaired) electrons. The lowest BCUT2D eigenvalue weighted by Crippen LogP contribution is -2.30. The van der Waals surface area contributed by atoms with Gasteiger partial charge in [0.15, 0.2) is 6.10 Å². The lowest BCUT2D eigenvalue weighted by atomic mass is 10.1. The molecule has 1 atom stereocenters. The van der Waals surface area contributed by atoms with E-state index in [0.717, 1.165) is 122 Å². The molecule has 0 amide bonds. The van der Waals surface area contributed by atoms with Crippen molar-refractivity contribution < 1.29 is 28.6 Å². The van der Waals surface area contributed by atoms with E-state index in [9.17, 15) is 14.4 Å². The molecule has 6 heteroatoms. The van der Waals surface area contributed by atoms with Crippen LogP contribution in [0.4, 0.5) is 0 Å². The van der Waals surface area contributed by atoms with E-state index in [1.165, 1.54) is 103 Å². The smallest absolute Gasteiger partial charge is 0.306 e. The second kappa shape index (κ2) is 61.4. The number of carbonyl (C=O) groups is 3. The number of hydrogen-bond acceptors (Lipinski definition) is 6. The SMILES string of the molecule is CC/C=C\C/C=C\C/C=C\C/C=C\C/C=C\C/C=C\CCCCC(=O)OCC(COC(=O)CCCCCCC/C=C\C/C=C\CCCCCC)OC(=O)CCCCCCCCCCC/C=C\C/C=C\CCCCC. The number of carbonyl (C=O) groups excluding carboxylic acids is 3. The molecule has 0 rings (SSSR count). The summed E-state index contributed by atoms with van der Waals surface area (Å²) < 4.78 is 16.9. The zero-order chi connectivity index (χ0) is 53.6. The molecule has 1 unspecified atom stereocenters. The zero-order valence-corrected chi connectivity index (χ0v) is 48.1. The van der Waals surface area contributed by atoms with Crippen LogP contribution in [0.2, 0.25) is 0 Å². The molecule has 0 aliphatic heterocycles. The molecule has 0 bridgehead atoms. The van der Waals surface area contributed by atoms with E-state index in [0.29, 0.717) is 25.7 Å². The van der Waals surface area contributed by atoms with E-state index in [-0.39, 0.29) is 31.1 Å². The fourth-order valence-electron chi connectivity index (χ4n) is 8.09. The second-order valence-corrected chi connectivity index (χ2v) is 19.9. The maximum absolute atomic E-state index is 12.9. The molecular weight excluding hydrogens is 913 g/mol. The monoisotopic (exact) mass is 1020 g/mol. The van der Waals surface area contributed by atoms with E-state index >= 15 is 0 Å². The highest BCUT2D eigenvalue weighted by Crippen LogP contribution is 2.14. The third-order valence-corrected chi connectivity index (χ3v) is 12.7. The number of rotatable bonds is 54. The average molecular weight is 1030 g/mol. The Morgan fingerprint density at radius 3 is 0.878 bits per heavy atom. The van der Waals surface area contributed by atoms with Crippen molar-refractivity contribution in [3.05, 3.63) is 122 Å². The number of ether oxygens (including phenoxy) is 3. The molecule has 0 aromatic heterocycles. The third-order valence-electron chi connectivity index (χ3n) is 12.7. The highest BCUT2D eigenvalue weighted by molar-refractivity contribution is 5.71. The highest BCUT2D eigenvalue weighted by Gasteiger charge is 2.19. The summed E-state index contributed by atoms with van der Waals surface area (Å²) in [7, 11) is 0. The van der Waals surface area contributed by atoms with Gasteiger partial charge in [0, 0.05) is 19.3 Å². The molecule has 74 heavy (non-hydrogen) atoms. The predicted molar refractivity (Wildman–Crippen MR) is 320 cm³/mol. The first-order valence-corrected chi connectivity index (χ1v) is 30.5. The van der Waals surface area contributed by atoms with Crippen LogP contribution in [-0.4, -0.2) is 37.2 Å². The van der Waals surface area contributed by atoms with E-state index in [4.69, 9.17) is 14.2 Å². The van der Waals surface area contributed by atoms with Crippen LogP contribution in [0.25, 0.3) is 0 Å². The Morgan fingerprint density at radius 1 is 0.284 bits per heavy atom. The van der Waals surface area contributed by atoms with Crippen molar-refractivity contribution in [2.24, 2.45) is 0 Å². The Hall–Kier alpha value is -4.19. The number of unbranched alkanes of at least 4 members (excludes halogenated alkanes) is 23. The highest BCUT2D eigenvalue weighted by atomic mass is 16.6. The summed E-state index contributed by atoms with van der Waals surface area (Å²) in [6.07, 6.45) is 84.7. The van der Waals surface area contributed by atoms with E-state index in [2.05, 4.69) is 142 Å². The number of hydrogen-bond donors (Lipinski definition) is 0. The normalized spacial score (nSPS) is 13.0. The van der Waals surface area contributed by atoms with Crippen LogP contribution >= 0.6 is 0 Å². The van der Waals surface area contributed by atoms with Gasteiger partial charge >= 0.3 is 17.9 Å². The molecule has 0 fully saturated rings. The maximum atomic E-state index is 12.9. The van der Waals surface area contributed by atoms with Crippen LogP contribution in [-0.2, 0) is 28.6 Å². The first kappa shape index (κ1) is 69.8. The summed E-state index contributed by atoms with van der Waals surface area (Å²) in [5.41, 5.74) is 0. The number of allylic oxidation sites excluding steroid dienone is 20. The first-order valence-electron chi connectivity index (χ1n) is 30.5. The molecule has 0 aromatic rings. The quantitative estimate of drug-likeness (QED) is 0.0261. The van der Waals surface area contributed by atoms with Gasteiger partial charge in [-0.25, -0.2) is 0 Å². The maximum Gasteiger partial charge on any atom is 0.306 e. The van der Waals surface area contributed by atoms with Gasteiger partial charge in [0.05, 0.1) is 0 Å². The molecule has 0 N–H and O–H groups in total. The van der Waals surface area contributed by atoms with Gasteiger partial charge in [-0.15, -0.1) is 0 Å². The standard InChI is InChI=1S/C68H112O6/c1-4-7-10-13-16-19-22-25-28-31-33-34-36-37-40-43-46-49-52-55-58-61-67(70)73-64-65(63-72-66(69)60-57-54-51-48-45-42-39-30-27-24-21-18-15-12-9-6-3)74-68(71)62-59-56-53-50-47-44-41-38-35-32-29-26-23-20-17-14-11-8-5-2/h7,10,16-17,19-21,24-26,28-30,33-34,37,39-40,46,49,65H,4-6,8-9,11-15,18,22-23,27,31-32,35-36,38,41-45,47-48,50-64H2,1-3H3/b10-7-,19-16-,20-17-,24-21-,28-25-,29-26-,34-33-,39-30-,40-37-,49-46-. The zero-order valence-electron chi connectivity index (χ0n) is 48.1. The lowest BCUT2D eigenvalue weighted by molar-refractivity contribution is -0.167. The van der Waals surface area contributed by atoms with Crippen molar-refractivity contribution in [3.63, 3.8) is 0 Å². The number of esters is 3. The molecule has 6 nitrogen and oxygen atoms in total. The minimum atomic E-state index is -0.809. The van der Waals surface area contributed by atoms with E-state index < -0.39 is 6.10 Å². The van der Waals surface area contributed by atoms with Crippen LogP contribution in [0.3, 0.4) is 0 Å². The van der Waals surface area contributed by atoms with Crippen LogP contribution in [0.1, 0.15) is 271 Å². The fraction of sp³-hybridized carbons (Fsp3) is 0.662. The lowest BCUT2D eigenvalue weighted by Gasteiger charge is -2.18. The summed E-state index contributed by atoms with van der Waals surface area (Å²) in [6, 6.07) is 0. The Kier molecular flexibility index (Phi) is 57.9. The van der Waals surface area contributed by atoms with E-state index in [1.807, 2.05) is 0 Å². The summed E-state index contributed by atoms with van der Waals surface area (Å²) in [5, 5.41) is 0. The van der Waals surface area contributed by atoms with E-state index in [1.54, 1.807) is 0 Å². The van der Waals surface area contributed by atoms with Crippen molar-refractivity contribution in [2.45, 2.75) is 277 Å². The third kappa shape index (κ3) is 58.7. The second-order valence-electron chi connectivity index (χ2n) is 19.9. The molecule has 0 aliphatic rings. The van der Waals surface area contributed by atoms with Gasteiger partial charge in [0.1, 0.15) is 13.2 Å². The van der Waals surface area contributed by atoms with Gasteiger partial charge < -0.3 is 14.2 Å². The summed E-state index contributed by atoms with van der Waals surface area (Å²) in [6.45, 7) is 6.44. The minimum absolute atomic E-state index is 0.103. The molecule has 0 spiro atoms. The summed E-state index contributed by atoms with van der Waals surface area (Å²) in [5.74, 6) is -0.963. The summed E-state index contributed by atoms with van der Waals surface area (Å²) >= 11 is 0. The first-order chi connectivity index (χ1) is 36.5. The molecule has 0 saturated carbocycles. The van der Waals surface area contributed by atoms with Gasteiger partial charge in [-0.3, -0.25) is 14.4 Å². The van der Waals surface area contributed by atoms with Crippen molar-refractivity contribution in [1.82, 2.24) is 0 Å². The van der Waals surface area contributed by atoms with Crippen LogP contribution in [0.15, 0.2) is 122 Å². The topological polar surface area (TPSA) is 78.9 Å².